The average Bonchev–Trinajstić information content (AvgIpc) is 2.75. The van der Waals surface area contributed by atoms with Gasteiger partial charge in [-0.15, -0.1) is 10.2 Å². The Hall–Kier alpha value is -2.23. The largest absolute Gasteiger partial charge is 0.280 e. The van der Waals surface area contributed by atoms with Gasteiger partial charge in [-0.3, -0.25) is 9.38 Å². The lowest BCUT2D eigenvalue weighted by molar-refractivity contribution is 1.07. The molecule has 0 atom stereocenters. The first-order valence-corrected chi connectivity index (χ1v) is 5.07. The third-order valence-electron chi connectivity index (χ3n) is 2.54. The van der Waals surface area contributed by atoms with Crippen molar-refractivity contribution in [3.05, 3.63) is 48.4 Å². The summed E-state index contributed by atoms with van der Waals surface area (Å²) in [5, 5.41) is 8.34. The molecule has 0 bridgehead atoms. The number of hydrogen-bond acceptors (Lipinski definition) is 3. The Morgan fingerprint density at radius 3 is 2.81 bits per heavy atom. The molecule has 78 valence electrons. The van der Waals surface area contributed by atoms with Gasteiger partial charge in [-0.25, -0.2) is 0 Å². The molecule has 3 aromatic heterocycles. The van der Waals surface area contributed by atoms with E-state index in [0.717, 1.165) is 22.7 Å². The van der Waals surface area contributed by atoms with Crippen molar-refractivity contribution in [2.75, 3.05) is 0 Å². The first-order chi connectivity index (χ1) is 7.86. The zero-order valence-corrected chi connectivity index (χ0v) is 8.83. The first-order valence-electron chi connectivity index (χ1n) is 5.07. The minimum absolute atomic E-state index is 0.834. The highest BCUT2D eigenvalue weighted by Gasteiger charge is 2.08. The molecule has 4 nitrogen and oxygen atoms in total. The minimum atomic E-state index is 0.834. The van der Waals surface area contributed by atoms with Crippen LogP contribution in [-0.2, 0) is 0 Å². The van der Waals surface area contributed by atoms with Crippen molar-refractivity contribution in [1.82, 2.24) is 19.6 Å². The Balaban J connectivity index is 2.33. The molecular weight excluding hydrogens is 200 g/mol. The summed E-state index contributed by atoms with van der Waals surface area (Å²) in [6.07, 6.45) is 3.54. The van der Waals surface area contributed by atoms with Crippen molar-refractivity contribution in [2.45, 2.75) is 6.92 Å². The van der Waals surface area contributed by atoms with Crippen molar-refractivity contribution in [3.63, 3.8) is 0 Å². The lowest BCUT2D eigenvalue weighted by atomic mass is 10.2. The van der Waals surface area contributed by atoms with Crippen LogP contribution in [0, 0.1) is 6.92 Å². The van der Waals surface area contributed by atoms with E-state index < -0.39 is 0 Å². The van der Waals surface area contributed by atoms with Gasteiger partial charge in [0.1, 0.15) is 0 Å². The molecule has 0 aromatic carbocycles. The molecule has 0 amide bonds. The van der Waals surface area contributed by atoms with Crippen LogP contribution in [-0.4, -0.2) is 19.6 Å². The zero-order chi connectivity index (χ0) is 11.0. The van der Waals surface area contributed by atoms with Gasteiger partial charge >= 0.3 is 0 Å². The van der Waals surface area contributed by atoms with Crippen molar-refractivity contribution in [2.24, 2.45) is 0 Å². The Morgan fingerprint density at radius 1 is 1.06 bits per heavy atom. The van der Waals surface area contributed by atoms with E-state index in [0.29, 0.717) is 0 Å². The van der Waals surface area contributed by atoms with Crippen LogP contribution in [0.4, 0.5) is 0 Å². The summed E-state index contributed by atoms with van der Waals surface area (Å²) in [7, 11) is 0. The summed E-state index contributed by atoms with van der Waals surface area (Å²) in [5.41, 5.74) is 2.95. The topological polar surface area (TPSA) is 43.1 Å². The average molecular weight is 210 g/mol. The van der Waals surface area contributed by atoms with Crippen LogP contribution in [0.1, 0.15) is 5.69 Å². The molecule has 0 aliphatic heterocycles. The van der Waals surface area contributed by atoms with Gasteiger partial charge in [0, 0.05) is 23.7 Å². The molecule has 4 heteroatoms. The van der Waals surface area contributed by atoms with Gasteiger partial charge in [-0.1, -0.05) is 6.07 Å². The Morgan fingerprint density at radius 2 is 2.00 bits per heavy atom. The van der Waals surface area contributed by atoms with E-state index in [1.165, 1.54) is 0 Å². The molecule has 3 rings (SSSR count). The Bertz CT molecular complexity index is 628. The van der Waals surface area contributed by atoms with Gasteiger partial charge in [0.15, 0.2) is 11.5 Å². The van der Waals surface area contributed by atoms with Crippen LogP contribution in [0.3, 0.4) is 0 Å². The maximum Gasteiger partial charge on any atom is 0.170 e. The molecule has 3 heterocycles. The molecule has 0 N–H and O–H groups in total. The monoisotopic (exact) mass is 210 g/mol. The molecule has 0 saturated heterocycles. The van der Waals surface area contributed by atoms with Gasteiger partial charge in [-0.05, 0) is 31.2 Å². The number of hydrogen-bond donors (Lipinski definition) is 0. The molecule has 0 aliphatic carbocycles. The number of nitrogens with zero attached hydrogens (tertiary/aromatic N) is 4. The maximum absolute atomic E-state index is 4.20. The SMILES string of the molecule is Cc1cccc2nnc(-c3cccnc3)n12. The Kier molecular flexibility index (Phi) is 1.93. The molecule has 0 spiro atoms. The van der Waals surface area contributed by atoms with Gasteiger partial charge in [0.25, 0.3) is 0 Å². The second-order valence-corrected chi connectivity index (χ2v) is 3.63. The fraction of sp³-hybridized carbons (Fsp3) is 0.0833. The predicted molar refractivity (Wildman–Crippen MR) is 61.0 cm³/mol. The molecule has 0 unspecified atom stereocenters. The zero-order valence-electron chi connectivity index (χ0n) is 8.83. The number of rotatable bonds is 1. The van der Waals surface area contributed by atoms with Crippen LogP contribution in [0.5, 0.6) is 0 Å². The number of pyridine rings is 2. The van der Waals surface area contributed by atoms with Gasteiger partial charge in [0.05, 0.1) is 0 Å². The molecule has 0 aliphatic rings. The summed E-state index contributed by atoms with van der Waals surface area (Å²) in [6, 6.07) is 9.84. The highest BCUT2D eigenvalue weighted by atomic mass is 15.2. The van der Waals surface area contributed by atoms with Crippen LogP contribution in [0.25, 0.3) is 17.0 Å². The second kappa shape index (κ2) is 3.41. The van der Waals surface area contributed by atoms with E-state index >= 15 is 0 Å². The standard InChI is InChI=1S/C12H10N4/c1-9-4-2-6-11-14-15-12(16(9)11)10-5-3-7-13-8-10/h2-8H,1H3. The smallest absolute Gasteiger partial charge is 0.170 e. The summed E-state index contributed by atoms with van der Waals surface area (Å²) >= 11 is 0. The van der Waals surface area contributed by atoms with E-state index in [2.05, 4.69) is 15.2 Å². The quantitative estimate of drug-likeness (QED) is 0.617. The highest BCUT2D eigenvalue weighted by Crippen LogP contribution is 2.18. The first kappa shape index (κ1) is 9.03. The van der Waals surface area contributed by atoms with Crippen molar-refractivity contribution < 1.29 is 0 Å². The number of aryl methyl sites for hydroxylation is 1. The lowest BCUT2D eigenvalue weighted by Gasteiger charge is -2.02. The molecule has 0 fully saturated rings. The molecule has 16 heavy (non-hydrogen) atoms. The van der Waals surface area contributed by atoms with Crippen molar-refractivity contribution >= 4 is 5.65 Å². The highest BCUT2D eigenvalue weighted by molar-refractivity contribution is 5.58. The second-order valence-electron chi connectivity index (χ2n) is 3.63. The third-order valence-corrected chi connectivity index (χ3v) is 2.54. The summed E-state index contributed by atoms with van der Waals surface area (Å²) in [4.78, 5) is 4.10. The van der Waals surface area contributed by atoms with Crippen molar-refractivity contribution in [3.8, 4) is 11.4 Å². The fourth-order valence-electron chi connectivity index (χ4n) is 1.78. The fourth-order valence-corrected chi connectivity index (χ4v) is 1.78. The van der Waals surface area contributed by atoms with Crippen LogP contribution < -0.4 is 0 Å². The van der Waals surface area contributed by atoms with E-state index in [9.17, 15) is 0 Å². The van der Waals surface area contributed by atoms with Crippen LogP contribution >= 0.6 is 0 Å². The summed E-state index contributed by atoms with van der Waals surface area (Å²) < 4.78 is 2.02. The normalized spacial score (nSPS) is 10.8. The van der Waals surface area contributed by atoms with Gasteiger partial charge in [0.2, 0.25) is 0 Å². The predicted octanol–water partition coefficient (Wildman–Crippen LogP) is 2.10. The maximum atomic E-state index is 4.20. The van der Waals surface area contributed by atoms with Crippen molar-refractivity contribution in [1.29, 1.82) is 0 Å². The number of fused-ring (bicyclic) bond motifs is 1. The van der Waals surface area contributed by atoms with Gasteiger partial charge < -0.3 is 0 Å². The van der Waals surface area contributed by atoms with Gasteiger partial charge in [-0.2, -0.15) is 0 Å². The van der Waals surface area contributed by atoms with Crippen LogP contribution in [0.15, 0.2) is 42.7 Å². The van der Waals surface area contributed by atoms with E-state index in [4.69, 9.17) is 0 Å². The van der Waals surface area contributed by atoms with Crippen LogP contribution in [0.2, 0.25) is 0 Å². The summed E-state index contributed by atoms with van der Waals surface area (Å²) in [6.45, 7) is 2.04. The molecule has 3 aromatic rings. The third kappa shape index (κ3) is 1.27. The Labute approximate surface area is 92.6 Å². The lowest BCUT2D eigenvalue weighted by Crippen LogP contribution is -1.93. The minimum Gasteiger partial charge on any atom is -0.280 e. The molecule has 0 radical (unpaired) electrons. The number of aromatic nitrogens is 4. The van der Waals surface area contributed by atoms with E-state index in [1.54, 1.807) is 12.4 Å². The van der Waals surface area contributed by atoms with E-state index in [-0.39, 0.29) is 0 Å². The molecule has 0 saturated carbocycles. The van der Waals surface area contributed by atoms with E-state index in [1.807, 2.05) is 41.7 Å². The summed E-state index contributed by atoms with van der Waals surface area (Å²) in [5.74, 6) is 0.834. The molecular formula is C12H10N4.